The number of nitrogen functional groups attached to an aromatic ring is 1. The van der Waals surface area contributed by atoms with Crippen molar-refractivity contribution in [2.45, 2.75) is 42.4 Å². The molecule has 1 aromatic carbocycles. The van der Waals surface area contributed by atoms with Crippen LogP contribution in [0.25, 0.3) is 0 Å². The Morgan fingerprint density at radius 2 is 2.05 bits per heavy atom. The van der Waals surface area contributed by atoms with Crippen LogP contribution in [0.4, 0.5) is 11.4 Å². The lowest BCUT2D eigenvalue weighted by atomic mass is 10.1. The molecule has 1 saturated carbocycles. The molecule has 0 bridgehead atoms. The number of thioether (sulfide) groups is 1. The fourth-order valence-electron chi connectivity index (χ4n) is 2.73. The van der Waals surface area contributed by atoms with Gasteiger partial charge < -0.3 is 11.1 Å². The highest BCUT2D eigenvalue weighted by atomic mass is 32.2. The number of nitrogens with two attached hydrogens (primary N) is 2. The minimum absolute atomic E-state index is 0.0960. The summed E-state index contributed by atoms with van der Waals surface area (Å²) in [6.45, 7) is 1.75. The number of rotatable bonds is 4. The van der Waals surface area contributed by atoms with Crippen LogP contribution in [-0.2, 0) is 10.0 Å². The predicted molar refractivity (Wildman–Crippen MR) is 85.5 cm³/mol. The second kappa shape index (κ2) is 5.83. The van der Waals surface area contributed by atoms with Gasteiger partial charge in [0.05, 0.1) is 4.90 Å². The second-order valence-electron chi connectivity index (χ2n) is 5.19. The van der Waals surface area contributed by atoms with Crippen molar-refractivity contribution in [3.05, 3.63) is 17.7 Å². The Morgan fingerprint density at radius 1 is 1.35 bits per heavy atom. The van der Waals surface area contributed by atoms with Gasteiger partial charge in [-0.25, -0.2) is 13.6 Å². The molecule has 2 rings (SSSR count). The summed E-state index contributed by atoms with van der Waals surface area (Å²) in [4.78, 5) is 0.0960. The van der Waals surface area contributed by atoms with Crippen LogP contribution in [0.15, 0.2) is 17.0 Å². The minimum atomic E-state index is -3.76. The average Bonchev–Trinajstić information content (AvgIpc) is 2.79. The van der Waals surface area contributed by atoms with Crippen LogP contribution in [-0.4, -0.2) is 26.0 Å². The molecule has 20 heavy (non-hydrogen) atoms. The van der Waals surface area contributed by atoms with Gasteiger partial charge >= 0.3 is 0 Å². The first-order chi connectivity index (χ1) is 9.32. The van der Waals surface area contributed by atoms with E-state index in [1.54, 1.807) is 13.0 Å². The van der Waals surface area contributed by atoms with E-state index in [-0.39, 0.29) is 4.90 Å². The summed E-state index contributed by atoms with van der Waals surface area (Å²) in [6, 6.07) is 3.54. The van der Waals surface area contributed by atoms with Crippen LogP contribution >= 0.6 is 11.8 Å². The van der Waals surface area contributed by atoms with Crippen molar-refractivity contribution >= 4 is 33.2 Å². The quantitative estimate of drug-likeness (QED) is 0.737. The summed E-state index contributed by atoms with van der Waals surface area (Å²) in [5.41, 5.74) is 7.60. The van der Waals surface area contributed by atoms with E-state index >= 15 is 0 Å². The van der Waals surface area contributed by atoms with Crippen LogP contribution in [0.5, 0.6) is 0 Å². The Balaban J connectivity index is 2.35. The van der Waals surface area contributed by atoms with Crippen LogP contribution < -0.4 is 16.2 Å². The van der Waals surface area contributed by atoms with Gasteiger partial charge in [0.15, 0.2) is 0 Å². The third-order valence-electron chi connectivity index (χ3n) is 3.79. The van der Waals surface area contributed by atoms with Crippen molar-refractivity contribution in [2.75, 3.05) is 17.3 Å². The summed E-state index contributed by atoms with van der Waals surface area (Å²) in [5, 5.41) is 9.23. The van der Waals surface area contributed by atoms with Crippen LogP contribution in [0.2, 0.25) is 0 Å². The van der Waals surface area contributed by atoms with Gasteiger partial charge in [-0.3, -0.25) is 0 Å². The first-order valence-electron chi connectivity index (χ1n) is 6.55. The van der Waals surface area contributed by atoms with Crippen molar-refractivity contribution in [3.8, 4) is 0 Å². The maximum Gasteiger partial charge on any atom is 0.238 e. The molecular formula is C13H21N3O2S2. The van der Waals surface area contributed by atoms with Gasteiger partial charge in [0.1, 0.15) is 0 Å². The highest BCUT2D eigenvalue weighted by Crippen LogP contribution is 2.33. The Labute approximate surface area is 124 Å². The fraction of sp³-hybridized carbons (Fsp3) is 0.538. The zero-order valence-electron chi connectivity index (χ0n) is 11.7. The van der Waals surface area contributed by atoms with Gasteiger partial charge in [-0.05, 0) is 43.7 Å². The van der Waals surface area contributed by atoms with E-state index in [4.69, 9.17) is 10.9 Å². The molecule has 7 heteroatoms. The molecule has 1 fully saturated rings. The first kappa shape index (κ1) is 15.5. The number of benzene rings is 1. The summed E-state index contributed by atoms with van der Waals surface area (Å²) >= 11 is 1.84. The molecule has 1 aromatic rings. The summed E-state index contributed by atoms with van der Waals surface area (Å²) in [6.07, 6.45) is 5.56. The minimum Gasteiger partial charge on any atom is -0.399 e. The molecule has 1 aliphatic rings. The molecular weight excluding hydrogens is 294 g/mol. The van der Waals surface area contributed by atoms with Crippen molar-refractivity contribution in [1.82, 2.24) is 0 Å². The smallest absolute Gasteiger partial charge is 0.238 e. The molecule has 2 unspecified atom stereocenters. The third kappa shape index (κ3) is 3.21. The SMILES string of the molecule is CSC1CCCC1Nc1cc(N)cc(S(N)(=O)=O)c1C. The average molecular weight is 315 g/mol. The van der Waals surface area contributed by atoms with Gasteiger partial charge in [-0.2, -0.15) is 11.8 Å². The molecule has 0 aliphatic heterocycles. The van der Waals surface area contributed by atoms with Crippen molar-refractivity contribution < 1.29 is 8.42 Å². The largest absolute Gasteiger partial charge is 0.399 e. The van der Waals surface area contributed by atoms with Crippen molar-refractivity contribution in [3.63, 3.8) is 0 Å². The van der Waals surface area contributed by atoms with E-state index in [0.29, 0.717) is 22.5 Å². The number of anilines is 2. The van der Waals surface area contributed by atoms with Gasteiger partial charge in [0, 0.05) is 22.7 Å². The number of primary sulfonamides is 1. The van der Waals surface area contributed by atoms with E-state index in [9.17, 15) is 8.42 Å². The first-order valence-corrected chi connectivity index (χ1v) is 9.38. The van der Waals surface area contributed by atoms with E-state index < -0.39 is 10.0 Å². The molecule has 0 radical (unpaired) electrons. The number of sulfonamides is 1. The van der Waals surface area contributed by atoms with Crippen LogP contribution in [0, 0.1) is 6.92 Å². The molecule has 0 aromatic heterocycles. The van der Waals surface area contributed by atoms with Gasteiger partial charge in [0.2, 0.25) is 10.0 Å². The molecule has 2 atom stereocenters. The molecule has 0 spiro atoms. The lowest BCUT2D eigenvalue weighted by Crippen LogP contribution is -2.26. The van der Waals surface area contributed by atoms with E-state index in [1.807, 2.05) is 11.8 Å². The lowest BCUT2D eigenvalue weighted by molar-refractivity contribution is 0.597. The second-order valence-corrected chi connectivity index (χ2v) is 7.80. The lowest BCUT2D eigenvalue weighted by Gasteiger charge is -2.22. The molecule has 5 N–H and O–H groups in total. The topological polar surface area (TPSA) is 98.2 Å². The molecule has 112 valence electrons. The maximum atomic E-state index is 11.6. The normalized spacial score (nSPS) is 22.9. The number of hydrogen-bond acceptors (Lipinski definition) is 5. The molecule has 5 nitrogen and oxygen atoms in total. The highest BCUT2D eigenvalue weighted by Gasteiger charge is 2.27. The van der Waals surface area contributed by atoms with Crippen LogP contribution in [0.1, 0.15) is 24.8 Å². The van der Waals surface area contributed by atoms with Gasteiger partial charge in [0.25, 0.3) is 0 Å². The van der Waals surface area contributed by atoms with E-state index in [2.05, 4.69) is 11.6 Å². The summed E-state index contributed by atoms with van der Waals surface area (Å²) < 4.78 is 23.2. The number of nitrogens with one attached hydrogen (secondary N) is 1. The molecule has 0 saturated heterocycles. The van der Waals surface area contributed by atoms with Crippen LogP contribution in [0.3, 0.4) is 0 Å². The highest BCUT2D eigenvalue weighted by molar-refractivity contribution is 7.99. The van der Waals surface area contributed by atoms with E-state index in [0.717, 1.165) is 12.1 Å². The van der Waals surface area contributed by atoms with Crippen molar-refractivity contribution in [2.24, 2.45) is 5.14 Å². The maximum absolute atomic E-state index is 11.6. The third-order valence-corrected chi connectivity index (χ3v) is 5.99. The monoisotopic (exact) mass is 315 g/mol. The van der Waals surface area contributed by atoms with E-state index in [1.165, 1.54) is 18.9 Å². The molecule has 0 heterocycles. The fourth-order valence-corrected chi connectivity index (χ4v) is 4.50. The molecule has 1 aliphatic carbocycles. The van der Waals surface area contributed by atoms with Gasteiger partial charge in [-0.15, -0.1) is 0 Å². The Morgan fingerprint density at radius 3 is 2.65 bits per heavy atom. The van der Waals surface area contributed by atoms with Crippen molar-refractivity contribution in [1.29, 1.82) is 0 Å². The Hall–Kier alpha value is -0.920. The summed E-state index contributed by atoms with van der Waals surface area (Å²) in [7, 11) is -3.76. The number of hydrogen-bond donors (Lipinski definition) is 3. The zero-order valence-corrected chi connectivity index (χ0v) is 13.4. The standard InChI is InChI=1S/C13H21N3O2S2/c1-8-11(16-10-4-3-5-12(10)19-2)6-9(14)7-13(8)20(15,17)18/h6-7,10,12,16H,3-5,14H2,1-2H3,(H2,15,17,18). The molecule has 0 amide bonds. The van der Waals surface area contributed by atoms with Gasteiger partial charge in [-0.1, -0.05) is 6.42 Å². The predicted octanol–water partition coefficient (Wildman–Crippen LogP) is 1.92. The summed E-state index contributed by atoms with van der Waals surface area (Å²) in [5.74, 6) is 0. The Bertz CT molecular complexity index is 602. The zero-order chi connectivity index (χ0) is 14.9. The Kier molecular flexibility index (Phi) is 4.51.